The lowest BCUT2D eigenvalue weighted by molar-refractivity contribution is -0.144. The zero-order chi connectivity index (χ0) is 6.15. The van der Waals surface area contributed by atoms with Crippen molar-refractivity contribution in [1.29, 1.82) is 0 Å². The van der Waals surface area contributed by atoms with Gasteiger partial charge in [-0.05, 0) is 12.8 Å². The Kier molecular flexibility index (Phi) is 1.56. The van der Waals surface area contributed by atoms with Gasteiger partial charge in [0.2, 0.25) is 0 Å². The van der Waals surface area contributed by atoms with Gasteiger partial charge >= 0.3 is 5.97 Å². The van der Waals surface area contributed by atoms with E-state index >= 15 is 0 Å². The molecule has 0 aliphatic heterocycles. The van der Waals surface area contributed by atoms with Crippen molar-refractivity contribution < 1.29 is 9.90 Å². The summed E-state index contributed by atoms with van der Waals surface area (Å²) in [7, 11) is 0. The second kappa shape index (κ2) is 2.05. The highest BCUT2D eigenvalue weighted by atomic mass is 79.9. The minimum Gasteiger partial charge on any atom is -0.481 e. The minimum absolute atomic E-state index is 0.0700. The summed E-state index contributed by atoms with van der Waals surface area (Å²) < 4.78 is 0. The lowest BCUT2D eigenvalue weighted by atomic mass is 9.86. The van der Waals surface area contributed by atoms with Gasteiger partial charge in [-0.3, -0.25) is 4.79 Å². The molecule has 46 valence electrons. The van der Waals surface area contributed by atoms with Crippen molar-refractivity contribution in [3.8, 4) is 0 Å². The molecule has 0 spiro atoms. The van der Waals surface area contributed by atoms with Crippen LogP contribution >= 0.6 is 15.9 Å². The van der Waals surface area contributed by atoms with Crippen LogP contribution in [0.2, 0.25) is 0 Å². The van der Waals surface area contributed by atoms with Crippen molar-refractivity contribution in [2.75, 3.05) is 0 Å². The Bertz CT molecular complexity index is 107. The average molecular weight is 179 g/mol. The predicted molar refractivity (Wildman–Crippen MR) is 33.1 cm³/mol. The van der Waals surface area contributed by atoms with Crippen molar-refractivity contribution in [2.45, 2.75) is 17.7 Å². The highest BCUT2D eigenvalue weighted by Gasteiger charge is 2.32. The van der Waals surface area contributed by atoms with Crippen molar-refractivity contribution in [2.24, 2.45) is 5.92 Å². The molecule has 8 heavy (non-hydrogen) atoms. The molecule has 0 aromatic carbocycles. The smallest absolute Gasteiger partial charge is 0.306 e. The summed E-state index contributed by atoms with van der Waals surface area (Å²) in [4.78, 5) is 10.6. The van der Waals surface area contributed by atoms with Gasteiger partial charge in [0, 0.05) is 4.83 Å². The summed E-state index contributed by atoms with van der Waals surface area (Å²) in [5.41, 5.74) is 0. The molecule has 1 aliphatic rings. The number of carbonyl (C=O) groups is 1. The van der Waals surface area contributed by atoms with E-state index in [-0.39, 0.29) is 5.92 Å². The van der Waals surface area contributed by atoms with Crippen molar-refractivity contribution in [3.63, 3.8) is 0 Å². The first-order valence-electron chi connectivity index (χ1n) is 2.57. The van der Waals surface area contributed by atoms with Crippen LogP contribution in [0.25, 0.3) is 0 Å². The molecule has 0 radical (unpaired) electrons. The number of rotatable bonds is 1. The lowest BCUT2D eigenvalue weighted by Crippen LogP contribution is -2.30. The van der Waals surface area contributed by atoms with Gasteiger partial charge in [0.15, 0.2) is 0 Å². The summed E-state index contributed by atoms with van der Waals surface area (Å²) in [5.74, 6) is -0.722. The summed E-state index contributed by atoms with van der Waals surface area (Å²) in [6, 6.07) is 0. The summed E-state index contributed by atoms with van der Waals surface area (Å²) in [6.07, 6.45) is 1.60. The molecule has 1 rings (SSSR count). The van der Waals surface area contributed by atoms with Crippen LogP contribution in [-0.2, 0) is 4.79 Å². The molecule has 0 atom stereocenters. The Morgan fingerprint density at radius 2 is 2.12 bits per heavy atom. The van der Waals surface area contributed by atoms with Crippen LogP contribution in [0.5, 0.6) is 0 Å². The molecular weight excluding hydrogens is 172 g/mol. The fraction of sp³-hybridized carbons (Fsp3) is 0.800. The number of carboxylic acid groups (broad SMARTS) is 1. The maximum Gasteiger partial charge on any atom is 0.306 e. The van der Waals surface area contributed by atoms with Gasteiger partial charge in [-0.15, -0.1) is 0 Å². The molecular formula is C5H7BrO2. The minimum atomic E-state index is -0.652. The fourth-order valence-corrected chi connectivity index (χ4v) is 1.65. The third-order valence-electron chi connectivity index (χ3n) is 1.43. The predicted octanol–water partition coefficient (Wildman–Crippen LogP) is 1.24. The Balaban J connectivity index is 2.25. The molecule has 0 aromatic heterocycles. The zero-order valence-corrected chi connectivity index (χ0v) is 5.89. The maximum absolute atomic E-state index is 10.1. The molecule has 1 saturated carbocycles. The summed E-state index contributed by atoms with van der Waals surface area (Å²) >= 11 is 3.31. The summed E-state index contributed by atoms with van der Waals surface area (Å²) in [5, 5.41) is 8.33. The first-order chi connectivity index (χ1) is 3.70. The molecule has 0 unspecified atom stereocenters. The van der Waals surface area contributed by atoms with Crippen LogP contribution in [0.3, 0.4) is 0 Å². The quantitative estimate of drug-likeness (QED) is 0.615. The SMILES string of the molecule is O=C(O)[C@H]1C[C@H](Br)C1. The second-order valence-corrected chi connectivity index (χ2v) is 3.40. The molecule has 0 aromatic rings. The van der Waals surface area contributed by atoms with Gasteiger partial charge in [-0.2, -0.15) is 0 Å². The lowest BCUT2D eigenvalue weighted by Gasteiger charge is -2.26. The number of hydrogen-bond acceptors (Lipinski definition) is 1. The van der Waals surface area contributed by atoms with Crippen LogP contribution in [-0.4, -0.2) is 15.9 Å². The van der Waals surface area contributed by atoms with Crippen molar-refractivity contribution in [1.82, 2.24) is 0 Å². The van der Waals surface area contributed by atoms with Gasteiger partial charge in [0.25, 0.3) is 0 Å². The number of alkyl halides is 1. The molecule has 1 fully saturated rings. The van der Waals surface area contributed by atoms with Crippen molar-refractivity contribution >= 4 is 21.9 Å². The van der Waals surface area contributed by atoms with Gasteiger partial charge in [-0.25, -0.2) is 0 Å². The first-order valence-corrected chi connectivity index (χ1v) is 3.48. The number of halogens is 1. The van der Waals surface area contributed by atoms with Crippen LogP contribution < -0.4 is 0 Å². The van der Waals surface area contributed by atoms with E-state index in [1.54, 1.807) is 0 Å². The number of aliphatic carboxylic acids is 1. The van der Waals surface area contributed by atoms with Gasteiger partial charge in [0.1, 0.15) is 0 Å². The van der Waals surface area contributed by atoms with Gasteiger partial charge in [0.05, 0.1) is 5.92 Å². The van der Waals surface area contributed by atoms with Crippen LogP contribution in [0.15, 0.2) is 0 Å². The molecule has 2 nitrogen and oxygen atoms in total. The van der Waals surface area contributed by atoms with E-state index in [0.29, 0.717) is 4.83 Å². The van der Waals surface area contributed by atoms with E-state index in [1.165, 1.54) is 0 Å². The molecule has 1 aliphatic carbocycles. The third-order valence-corrected chi connectivity index (χ3v) is 2.18. The Hall–Kier alpha value is -0.0500. The normalized spacial score (nSPS) is 36.1. The molecule has 0 amide bonds. The topological polar surface area (TPSA) is 37.3 Å². The van der Waals surface area contributed by atoms with E-state index in [9.17, 15) is 4.79 Å². The van der Waals surface area contributed by atoms with E-state index in [1.807, 2.05) is 0 Å². The molecule has 0 saturated heterocycles. The first kappa shape index (κ1) is 6.08. The van der Waals surface area contributed by atoms with Crippen molar-refractivity contribution in [3.05, 3.63) is 0 Å². The highest BCUT2D eigenvalue weighted by molar-refractivity contribution is 9.09. The van der Waals surface area contributed by atoms with Gasteiger partial charge in [-0.1, -0.05) is 15.9 Å². The number of hydrogen-bond donors (Lipinski definition) is 1. The fourth-order valence-electron chi connectivity index (χ4n) is 0.750. The van der Waals surface area contributed by atoms with E-state index < -0.39 is 5.97 Å². The van der Waals surface area contributed by atoms with Crippen LogP contribution in [0.1, 0.15) is 12.8 Å². The maximum atomic E-state index is 10.1. The van der Waals surface area contributed by atoms with E-state index in [2.05, 4.69) is 15.9 Å². The van der Waals surface area contributed by atoms with E-state index in [4.69, 9.17) is 5.11 Å². The molecule has 1 N–H and O–H groups in total. The zero-order valence-electron chi connectivity index (χ0n) is 4.30. The number of carboxylic acids is 1. The highest BCUT2D eigenvalue weighted by Crippen LogP contribution is 2.32. The summed E-state index contributed by atoms with van der Waals surface area (Å²) in [6.45, 7) is 0. The monoisotopic (exact) mass is 178 g/mol. The van der Waals surface area contributed by atoms with Crippen LogP contribution in [0, 0.1) is 5.92 Å². The van der Waals surface area contributed by atoms with Gasteiger partial charge < -0.3 is 5.11 Å². The largest absolute Gasteiger partial charge is 0.481 e. The second-order valence-electron chi connectivity index (χ2n) is 2.10. The van der Waals surface area contributed by atoms with Crippen LogP contribution in [0.4, 0.5) is 0 Å². The Morgan fingerprint density at radius 3 is 2.25 bits per heavy atom. The molecule has 0 heterocycles. The molecule has 3 heteroatoms. The Labute approximate surface area is 56.0 Å². The standard InChI is InChI=1S/C5H7BrO2/c6-4-1-3(2-4)5(7)8/h3-4H,1-2H2,(H,7,8)/t3-,4-. The third kappa shape index (κ3) is 1.02. The molecule has 0 bridgehead atoms. The Morgan fingerprint density at radius 1 is 1.62 bits per heavy atom. The van der Waals surface area contributed by atoms with E-state index in [0.717, 1.165) is 12.8 Å². The average Bonchev–Trinajstić information content (AvgIpc) is 1.57.